The molecular formula is C14H20BrN3O. The Kier molecular flexibility index (Phi) is 5.22. The van der Waals surface area contributed by atoms with Gasteiger partial charge < -0.3 is 15.1 Å². The predicted molar refractivity (Wildman–Crippen MR) is 81.3 cm³/mol. The Hall–Kier alpha value is -1.07. The molecule has 0 aromatic heterocycles. The molecule has 0 saturated carbocycles. The van der Waals surface area contributed by atoms with Crippen LogP contribution in [0, 0.1) is 0 Å². The second-order valence-electron chi connectivity index (χ2n) is 4.65. The molecule has 5 heteroatoms. The average Bonchev–Trinajstić information content (AvgIpc) is 2.46. The SMILES string of the molecule is CCN1CCN(C(=O)CNc2ccccc2Br)CC1. The Labute approximate surface area is 122 Å². The molecule has 0 spiro atoms. The van der Waals surface area contributed by atoms with Crippen LogP contribution in [0.3, 0.4) is 0 Å². The molecule has 0 atom stereocenters. The minimum atomic E-state index is 0.173. The number of amides is 1. The van der Waals surface area contributed by atoms with Crippen molar-refractivity contribution in [2.24, 2.45) is 0 Å². The van der Waals surface area contributed by atoms with Gasteiger partial charge in [0.15, 0.2) is 0 Å². The summed E-state index contributed by atoms with van der Waals surface area (Å²) >= 11 is 3.47. The molecule has 1 fully saturated rings. The van der Waals surface area contributed by atoms with Crippen LogP contribution in [0.4, 0.5) is 5.69 Å². The fourth-order valence-electron chi connectivity index (χ4n) is 2.20. The highest BCUT2D eigenvalue weighted by atomic mass is 79.9. The maximum atomic E-state index is 12.1. The summed E-state index contributed by atoms with van der Waals surface area (Å²) in [6.07, 6.45) is 0. The van der Waals surface area contributed by atoms with Crippen LogP contribution in [-0.4, -0.2) is 55.0 Å². The lowest BCUT2D eigenvalue weighted by atomic mass is 10.3. The van der Waals surface area contributed by atoms with E-state index in [2.05, 4.69) is 33.1 Å². The number of anilines is 1. The average molecular weight is 326 g/mol. The molecule has 1 heterocycles. The van der Waals surface area contributed by atoms with Crippen LogP contribution < -0.4 is 5.32 Å². The standard InChI is InChI=1S/C14H20BrN3O/c1-2-17-7-9-18(10-8-17)14(19)11-16-13-6-4-3-5-12(13)15/h3-6,16H,2,7-11H2,1H3. The van der Waals surface area contributed by atoms with Crippen molar-refractivity contribution >= 4 is 27.5 Å². The lowest BCUT2D eigenvalue weighted by Crippen LogP contribution is -2.49. The lowest BCUT2D eigenvalue weighted by Gasteiger charge is -2.34. The van der Waals surface area contributed by atoms with Crippen molar-refractivity contribution in [1.29, 1.82) is 0 Å². The third kappa shape index (κ3) is 3.94. The number of piperazine rings is 1. The Morgan fingerprint density at radius 2 is 1.95 bits per heavy atom. The van der Waals surface area contributed by atoms with Gasteiger partial charge >= 0.3 is 0 Å². The number of rotatable bonds is 4. The first-order chi connectivity index (χ1) is 9.20. The minimum absolute atomic E-state index is 0.173. The maximum absolute atomic E-state index is 12.1. The first-order valence-corrected chi connectivity index (χ1v) is 7.48. The molecule has 1 aromatic carbocycles. The fraction of sp³-hybridized carbons (Fsp3) is 0.500. The first-order valence-electron chi connectivity index (χ1n) is 6.69. The van der Waals surface area contributed by atoms with E-state index < -0.39 is 0 Å². The van der Waals surface area contributed by atoms with Crippen LogP contribution in [0.15, 0.2) is 28.7 Å². The summed E-state index contributed by atoms with van der Waals surface area (Å²) in [4.78, 5) is 16.4. The van der Waals surface area contributed by atoms with Gasteiger partial charge in [0.25, 0.3) is 0 Å². The van der Waals surface area contributed by atoms with E-state index in [4.69, 9.17) is 0 Å². The molecule has 1 aromatic rings. The number of hydrogen-bond donors (Lipinski definition) is 1. The summed E-state index contributed by atoms with van der Waals surface area (Å²) < 4.78 is 0.985. The topological polar surface area (TPSA) is 35.6 Å². The normalized spacial score (nSPS) is 16.4. The van der Waals surface area contributed by atoms with E-state index in [9.17, 15) is 4.79 Å². The van der Waals surface area contributed by atoms with Crippen molar-refractivity contribution in [3.05, 3.63) is 28.7 Å². The van der Waals surface area contributed by atoms with Gasteiger partial charge in [-0.3, -0.25) is 4.79 Å². The summed E-state index contributed by atoms with van der Waals surface area (Å²) in [7, 11) is 0. The molecule has 1 aliphatic rings. The van der Waals surface area contributed by atoms with E-state index in [1.807, 2.05) is 29.2 Å². The van der Waals surface area contributed by atoms with Crippen LogP contribution in [-0.2, 0) is 4.79 Å². The summed E-state index contributed by atoms with van der Waals surface area (Å²) in [6, 6.07) is 7.85. The molecule has 1 aliphatic heterocycles. The van der Waals surface area contributed by atoms with Gasteiger partial charge in [0.05, 0.1) is 6.54 Å². The number of carbonyl (C=O) groups is 1. The molecule has 1 amide bonds. The van der Waals surface area contributed by atoms with E-state index in [0.29, 0.717) is 6.54 Å². The summed E-state index contributed by atoms with van der Waals surface area (Å²) in [5.74, 6) is 0.173. The van der Waals surface area contributed by atoms with Gasteiger partial charge in [0, 0.05) is 36.3 Å². The molecule has 2 rings (SSSR count). The summed E-state index contributed by atoms with van der Waals surface area (Å²) in [6.45, 7) is 7.22. The summed E-state index contributed by atoms with van der Waals surface area (Å²) in [5.41, 5.74) is 0.961. The van der Waals surface area contributed by atoms with Gasteiger partial charge in [-0.15, -0.1) is 0 Å². The minimum Gasteiger partial charge on any atom is -0.375 e. The molecular weight excluding hydrogens is 306 g/mol. The number of para-hydroxylation sites is 1. The highest BCUT2D eigenvalue weighted by Crippen LogP contribution is 2.20. The largest absolute Gasteiger partial charge is 0.375 e. The van der Waals surface area contributed by atoms with E-state index in [-0.39, 0.29) is 5.91 Å². The summed E-state index contributed by atoms with van der Waals surface area (Å²) in [5, 5.41) is 3.18. The number of nitrogens with zero attached hydrogens (tertiary/aromatic N) is 2. The number of benzene rings is 1. The van der Waals surface area contributed by atoms with Crippen molar-refractivity contribution < 1.29 is 4.79 Å². The first kappa shape index (κ1) is 14.3. The zero-order valence-corrected chi connectivity index (χ0v) is 12.8. The van der Waals surface area contributed by atoms with Crippen LogP contribution >= 0.6 is 15.9 Å². The van der Waals surface area contributed by atoms with Crippen LogP contribution in [0.1, 0.15) is 6.92 Å². The van der Waals surface area contributed by atoms with E-state index in [1.165, 1.54) is 0 Å². The zero-order chi connectivity index (χ0) is 13.7. The van der Waals surface area contributed by atoms with Gasteiger partial charge in [-0.1, -0.05) is 19.1 Å². The quantitative estimate of drug-likeness (QED) is 0.920. The maximum Gasteiger partial charge on any atom is 0.241 e. The van der Waals surface area contributed by atoms with Gasteiger partial charge in [-0.2, -0.15) is 0 Å². The molecule has 1 saturated heterocycles. The molecule has 0 unspecified atom stereocenters. The zero-order valence-electron chi connectivity index (χ0n) is 11.2. The molecule has 0 aliphatic carbocycles. The van der Waals surface area contributed by atoms with Gasteiger partial charge in [0.2, 0.25) is 5.91 Å². The Morgan fingerprint density at radius 3 is 2.58 bits per heavy atom. The molecule has 0 radical (unpaired) electrons. The van der Waals surface area contributed by atoms with Crippen molar-refractivity contribution in [1.82, 2.24) is 9.80 Å². The van der Waals surface area contributed by atoms with Crippen LogP contribution in [0.5, 0.6) is 0 Å². The molecule has 4 nitrogen and oxygen atoms in total. The predicted octanol–water partition coefficient (Wildman–Crippen LogP) is 2.03. The van der Waals surface area contributed by atoms with Crippen molar-refractivity contribution in [2.45, 2.75) is 6.92 Å². The molecule has 0 bridgehead atoms. The number of nitrogens with one attached hydrogen (secondary N) is 1. The third-order valence-electron chi connectivity index (χ3n) is 3.48. The second kappa shape index (κ2) is 6.91. The number of hydrogen-bond acceptors (Lipinski definition) is 3. The smallest absolute Gasteiger partial charge is 0.241 e. The van der Waals surface area contributed by atoms with Crippen LogP contribution in [0.25, 0.3) is 0 Å². The van der Waals surface area contributed by atoms with Crippen molar-refractivity contribution in [3.8, 4) is 0 Å². The fourth-order valence-corrected chi connectivity index (χ4v) is 2.63. The Morgan fingerprint density at radius 1 is 1.26 bits per heavy atom. The third-order valence-corrected chi connectivity index (χ3v) is 4.17. The number of halogens is 1. The molecule has 104 valence electrons. The van der Waals surface area contributed by atoms with Gasteiger partial charge in [-0.05, 0) is 34.6 Å². The van der Waals surface area contributed by atoms with E-state index in [1.54, 1.807) is 0 Å². The second-order valence-corrected chi connectivity index (χ2v) is 5.50. The lowest BCUT2D eigenvalue weighted by molar-refractivity contribution is -0.131. The Balaban J connectivity index is 1.81. The highest BCUT2D eigenvalue weighted by Gasteiger charge is 2.19. The van der Waals surface area contributed by atoms with Gasteiger partial charge in [-0.25, -0.2) is 0 Å². The monoisotopic (exact) mass is 325 g/mol. The molecule has 1 N–H and O–H groups in total. The van der Waals surface area contributed by atoms with Crippen molar-refractivity contribution in [3.63, 3.8) is 0 Å². The molecule has 19 heavy (non-hydrogen) atoms. The number of likely N-dealkylation sites (N-methyl/N-ethyl adjacent to an activating group) is 1. The highest BCUT2D eigenvalue weighted by molar-refractivity contribution is 9.10. The number of carbonyl (C=O) groups excluding carboxylic acids is 1. The van der Waals surface area contributed by atoms with E-state index >= 15 is 0 Å². The van der Waals surface area contributed by atoms with E-state index in [0.717, 1.165) is 42.9 Å². The van der Waals surface area contributed by atoms with Gasteiger partial charge in [0.1, 0.15) is 0 Å². The Bertz CT molecular complexity index is 430. The van der Waals surface area contributed by atoms with Crippen molar-refractivity contribution in [2.75, 3.05) is 44.6 Å². The van der Waals surface area contributed by atoms with Crippen LogP contribution in [0.2, 0.25) is 0 Å².